The van der Waals surface area contributed by atoms with Crippen molar-refractivity contribution in [3.63, 3.8) is 0 Å². The van der Waals surface area contributed by atoms with Crippen LogP contribution in [0.4, 0.5) is 0 Å². The minimum absolute atomic E-state index is 0.111. The maximum absolute atomic E-state index is 11.6. The van der Waals surface area contributed by atoms with Gasteiger partial charge in [-0.3, -0.25) is 9.79 Å². The van der Waals surface area contributed by atoms with Gasteiger partial charge in [0.2, 0.25) is 5.91 Å². The Kier molecular flexibility index (Phi) is 3.24. The smallest absolute Gasteiger partial charge is 0.243 e. The SMILES string of the molecule is CN=CC1=C(N)CCC(N)C(=O)N1C. The second-order valence-corrected chi connectivity index (χ2v) is 3.34. The summed E-state index contributed by atoms with van der Waals surface area (Å²) >= 11 is 0. The average molecular weight is 196 g/mol. The molecule has 5 nitrogen and oxygen atoms in total. The number of carbonyl (C=O) groups excluding carboxylic acids is 1. The maximum Gasteiger partial charge on any atom is 0.243 e. The van der Waals surface area contributed by atoms with Crippen molar-refractivity contribution >= 4 is 12.1 Å². The van der Waals surface area contributed by atoms with E-state index in [1.54, 1.807) is 20.3 Å². The first-order valence-corrected chi connectivity index (χ1v) is 4.52. The van der Waals surface area contributed by atoms with E-state index in [0.29, 0.717) is 24.2 Å². The lowest BCUT2D eigenvalue weighted by Crippen LogP contribution is -2.40. The van der Waals surface area contributed by atoms with Gasteiger partial charge >= 0.3 is 0 Å². The monoisotopic (exact) mass is 196 g/mol. The first-order valence-electron chi connectivity index (χ1n) is 4.52. The highest BCUT2D eigenvalue weighted by Gasteiger charge is 2.25. The summed E-state index contributed by atoms with van der Waals surface area (Å²) in [6, 6.07) is -0.457. The van der Waals surface area contributed by atoms with Gasteiger partial charge in [0.05, 0.1) is 11.7 Å². The van der Waals surface area contributed by atoms with Crippen LogP contribution >= 0.6 is 0 Å². The topological polar surface area (TPSA) is 84.7 Å². The zero-order valence-electron chi connectivity index (χ0n) is 8.53. The lowest BCUT2D eigenvalue weighted by Gasteiger charge is -2.19. The Morgan fingerprint density at radius 2 is 2.29 bits per heavy atom. The van der Waals surface area contributed by atoms with Crippen LogP contribution in [0.25, 0.3) is 0 Å². The zero-order chi connectivity index (χ0) is 10.7. The fourth-order valence-electron chi connectivity index (χ4n) is 1.44. The van der Waals surface area contributed by atoms with E-state index in [-0.39, 0.29) is 5.91 Å². The van der Waals surface area contributed by atoms with Gasteiger partial charge in [-0.2, -0.15) is 0 Å². The van der Waals surface area contributed by atoms with Crippen LogP contribution in [0, 0.1) is 0 Å². The Morgan fingerprint density at radius 3 is 2.86 bits per heavy atom. The van der Waals surface area contributed by atoms with Crippen molar-refractivity contribution in [2.75, 3.05) is 14.1 Å². The summed E-state index contributed by atoms with van der Waals surface area (Å²) in [5, 5.41) is 0. The molecule has 0 saturated heterocycles. The minimum Gasteiger partial charge on any atom is -0.400 e. The number of nitrogens with two attached hydrogens (primary N) is 2. The van der Waals surface area contributed by atoms with Gasteiger partial charge in [-0.1, -0.05) is 0 Å². The number of carbonyl (C=O) groups is 1. The van der Waals surface area contributed by atoms with Gasteiger partial charge in [-0.25, -0.2) is 0 Å². The maximum atomic E-state index is 11.6. The molecule has 0 radical (unpaired) electrons. The Hall–Kier alpha value is -1.36. The summed E-state index contributed by atoms with van der Waals surface area (Å²) in [4.78, 5) is 17.0. The molecular formula is C9H16N4O. The molecule has 1 aliphatic heterocycles. The molecule has 0 aliphatic carbocycles. The highest BCUT2D eigenvalue weighted by Crippen LogP contribution is 2.15. The van der Waals surface area contributed by atoms with E-state index in [0.717, 1.165) is 0 Å². The number of allylic oxidation sites excluding steroid dienone is 2. The van der Waals surface area contributed by atoms with Crippen molar-refractivity contribution in [3.05, 3.63) is 11.4 Å². The van der Waals surface area contributed by atoms with Gasteiger partial charge in [0.15, 0.2) is 0 Å². The number of likely N-dealkylation sites (N-methyl/N-ethyl adjacent to an activating group) is 1. The fraction of sp³-hybridized carbons (Fsp3) is 0.556. The number of nitrogens with zero attached hydrogens (tertiary/aromatic N) is 2. The number of aliphatic imine (C=N–C) groups is 1. The van der Waals surface area contributed by atoms with Crippen LogP contribution in [-0.4, -0.2) is 37.2 Å². The first-order chi connectivity index (χ1) is 6.57. The molecule has 4 N–H and O–H groups in total. The van der Waals surface area contributed by atoms with E-state index in [4.69, 9.17) is 11.5 Å². The normalized spacial score (nSPS) is 24.6. The number of amides is 1. The van der Waals surface area contributed by atoms with Crippen molar-refractivity contribution in [3.8, 4) is 0 Å². The molecule has 1 heterocycles. The van der Waals surface area contributed by atoms with Crippen LogP contribution in [0.5, 0.6) is 0 Å². The molecule has 5 heteroatoms. The zero-order valence-corrected chi connectivity index (χ0v) is 8.53. The first kappa shape index (κ1) is 10.7. The molecular weight excluding hydrogens is 180 g/mol. The summed E-state index contributed by atoms with van der Waals surface area (Å²) in [6.07, 6.45) is 2.82. The van der Waals surface area contributed by atoms with Crippen molar-refractivity contribution in [1.82, 2.24) is 4.90 Å². The third-order valence-electron chi connectivity index (χ3n) is 2.31. The predicted molar refractivity (Wildman–Crippen MR) is 55.6 cm³/mol. The van der Waals surface area contributed by atoms with Gasteiger partial charge in [0, 0.05) is 26.0 Å². The van der Waals surface area contributed by atoms with Crippen LogP contribution in [0.2, 0.25) is 0 Å². The second-order valence-electron chi connectivity index (χ2n) is 3.34. The molecule has 0 bridgehead atoms. The van der Waals surface area contributed by atoms with Crippen LogP contribution in [0.1, 0.15) is 12.8 Å². The van der Waals surface area contributed by atoms with Crippen LogP contribution in [-0.2, 0) is 4.79 Å². The van der Waals surface area contributed by atoms with Crippen LogP contribution < -0.4 is 11.5 Å². The lowest BCUT2D eigenvalue weighted by molar-refractivity contribution is -0.129. The van der Waals surface area contributed by atoms with Gasteiger partial charge in [-0.05, 0) is 12.8 Å². The van der Waals surface area contributed by atoms with E-state index in [1.165, 1.54) is 4.90 Å². The molecule has 0 spiro atoms. The molecule has 1 amide bonds. The van der Waals surface area contributed by atoms with Crippen LogP contribution in [0.15, 0.2) is 16.4 Å². The Balaban J connectivity index is 3.03. The largest absolute Gasteiger partial charge is 0.400 e. The van der Waals surface area contributed by atoms with Crippen molar-refractivity contribution < 1.29 is 4.79 Å². The molecule has 14 heavy (non-hydrogen) atoms. The van der Waals surface area contributed by atoms with E-state index >= 15 is 0 Å². The van der Waals surface area contributed by atoms with E-state index in [1.807, 2.05) is 0 Å². The quantitative estimate of drug-likeness (QED) is 0.551. The molecule has 1 rings (SSSR count). The Labute approximate surface area is 83.5 Å². The number of hydrogen-bond acceptors (Lipinski definition) is 4. The molecule has 1 aliphatic rings. The summed E-state index contributed by atoms with van der Waals surface area (Å²) in [5.41, 5.74) is 12.8. The molecule has 78 valence electrons. The fourth-order valence-corrected chi connectivity index (χ4v) is 1.44. The van der Waals surface area contributed by atoms with Gasteiger partial charge in [0.25, 0.3) is 0 Å². The predicted octanol–water partition coefficient (Wildman–Crippen LogP) is -0.563. The standard InChI is InChI=1S/C9H16N4O/c1-12-5-8-6(10)3-4-7(11)9(14)13(8)2/h5,7H,3-4,10-11H2,1-2H3. The van der Waals surface area contributed by atoms with Crippen molar-refractivity contribution in [2.45, 2.75) is 18.9 Å². The molecule has 0 saturated carbocycles. The highest BCUT2D eigenvalue weighted by atomic mass is 16.2. The Morgan fingerprint density at radius 1 is 1.64 bits per heavy atom. The van der Waals surface area contributed by atoms with Gasteiger partial charge in [-0.15, -0.1) is 0 Å². The third-order valence-corrected chi connectivity index (χ3v) is 2.31. The van der Waals surface area contributed by atoms with Gasteiger partial charge in [0.1, 0.15) is 0 Å². The van der Waals surface area contributed by atoms with E-state index in [2.05, 4.69) is 4.99 Å². The average Bonchev–Trinajstić information content (AvgIpc) is 2.25. The van der Waals surface area contributed by atoms with Crippen LogP contribution in [0.3, 0.4) is 0 Å². The van der Waals surface area contributed by atoms with E-state index in [9.17, 15) is 4.79 Å². The summed E-state index contributed by atoms with van der Waals surface area (Å²) in [5.74, 6) is -0.111. The Bertz CT molecular complexity index is 295. The van der Waals surface area contributed by atoms with E-state index < -0.39 is 6.04 Å². The summed E-state index contributed by atoms with van der Waals surface area (Å²) in [7, 11) is 3.31. The molecule has 1 atom stereocenters. The number of rotatable bonds is 1. The van der Waals surface area contributed by atoms with Gasteiger partial charge < -0.3 is 16.4 Å². The minimum atomic E-state index is -0.457. The number of hydrogen-bond donors (Lipinski definition) is 2. The molecule has 1 unspecified atom stereocenters. The van der Waals surface area contributed by atoms with Crippen molar-refractivity contribution in [2.24, 2.45) is 16.5 Å². The third kappa shape index (κ3) is 1.93. The highest BCUT2D eigenvalue weighted by molar-refractivity contribution is 5.91. The summed E-state index contributed by atoms with van der Waals surface area (Å²) in [6.45, 7) is 0. The summed E-state index contributed by atoms with van der Waals surface area (Å²) < 4.78 is 0. The lowest BCUT2D eigenvalue weighted by atomic mass is 10.1. The molecule has 0 aromatic carbocycles. The second kappa shape index (κ2) is 4.23. The molecule has 0 aromatic rings. The molecule has 0 aromatic heterocycles. The van der Waals surface area contributed by atoms with Crippen molar-refractivity contribution in [1.29, 1.82) is 0 Å². The molecule has 0 fully saturated rings.